The molecule has 0 spiro atoms. The number of benzene rings is 1. The summed E-state index contributed by atoms with van der Waals surface area (Å²) in [6, 6.07) is 4.11. The standard InChI is InChI=1S/C11H13ClN2/c1-6(2)9-7(3)4-5-8-10(9)13-14-11(8)12/h4-6H,1-3H3,(H,13,14). The third kappa shape index (κ3) is 1.30. The predicted octanol–water partition coefficient (Wildman–Crippen LogP) is 3.65. The van der Waals surface area contributed by atoms with E-state index >= 15 is 0 Å². The molecule has 1 aromatic heterocycles. The van der Waals surface area contributed by atoms with Crippen LogP contribution < -0.4 is 0 Å². The summed E-state index contributed by atoms with van der Waals surface area (Å²) in [6.45, 7) is 6.45. The van der Waals surface area contributed by atoms with E-state index < -0.39 is 0 Å². The molecule has 1 aromatic carbocycles. The molecule has 0 amide bonds. The van der Waals surface area contributed by atoms with Gasteiger partial charge in [0.25, 0.3) is 0 Å². The van der Waals surface area contributed by atoms with Gasteiger partial charge in [-0.05, 0) is 30.0 Å². The maximum absolute atomic E-state index is 5.98. The lowest BCUT2D eigenvalue weighted by atomic mass is 9.96. The highest BCUT2D eigenvalue weighted by molar-refractivity contribution is 6.34. The van der Waals surface area contributed by atoms with Gasteiger partial charge in [0, 0.05) is 5.39 Å². The van der Waals surface area contributed by atoms with Crippen LogP contribution in [-0.4, -0.2) is 10.2 Å². The Kier molecular flexibility index (Phi) is 2.23. The molecule has 0 saturated carbocycles. The van der Waals surface area contributed by atoms with E-state index in [1.165, 1.54) is 11.1 Å². The molecule has 2 nitrogen and oxygen atoms in total. The van der Waals surface area contributed by atoms with Crippen LogP contribution in [0.1, 0.15) is 30.9 Å². The summed E-state index contributed by atoms with van der Waals surface area (Å²) in [6.07, 6.45) is 0. The number of aromatic amines is 1. The van der Waals surface area contributed by atoms with E-state index in [-0.39, 0.29) is 0 Å². The molecular weight excluding hydrogens is 196 g/mol. The van der Waals surface area contributed by atoms with Crippen LogP contribution in [0.3, 0.4) is 0 Å². The van der Waals surface area contributed by atoms with Gasteiger partial charge < -0.3 is 0 Å². The highest BCUT2D eigenvalue weighted by Crippen LogP contribution is 2.30. The van der Waals surface area contributed by atoms with E-state index in [0.717, 1.165) is 10.9 Å². The van der Waals surface area contributed by atoms with E-state index in [0.29, 0.717) is 11.1 Å². The van der Waals surface area contributed by atoms with Crippen LogP contribution in [0, 0.1) is 6.92 Å². The zero-order valence-electron chi connectivity index (χ0n) is 8.56. The second-order valence-electron chi connectivity index (χ2n) is 3.88. The molecule has 0 aliphatic rings. The summed E-state index contributed by atoms with van der Waals surface area (Å²) in [7, 11) is 0. The first-order valence-corrected chi connectivity index (χ1v) is 5.12. The number of hydrogen-bond donors (Lipinski definition) is 1. The Labute approximate surface area is 88.3 Å². The molecule has 2 rings (SSSR count). The smallest absolute Gasteiger partial charge is 0.132 e. The van der Waals surface area contributed by atoms with E-state index in [1.807, 2.05) is 6.07 Å². The Morgan fingerprint density at radius 1 is 1.36 bits per heavy atom. The fourth-order valence-corrected chi connectivity index (χ4v) is 2.10. The minimum absolute atomic E-state index is 0.470. The van der Waals surface area contributed by atoms with Gasteiger partial charge in [-0.15, -0.1) is 0 Å². The van der Waals surface area contributed by atoms with Crippen LogP contribution in [0.4, 0.5) is 0 Å². The highest BCUT2D eigenvalue weighted by atomic mass is 35.5. The first kappa shape index (κ1) is 9.53. The predicted molar refractivity (Wildman–Crippen MR) is 59.9 cm³/mol. The maximum atomic E-state index is 5.98. The average molecular weight is 209 g/mol. The van der Waals surface area contributed by atoms with Gasteiger partial charge in [-0.2, -0.15) is 5.10 Å². The maximum Gasteiger partial charge on any atom is 0.132 e. The molecule has 1 heterocycles. The SMILES string of the molecule is Cc1ccc2c(Cl)[nH]nc2c1C(C)C. The molecule has 0 radical (unpaired) electrons. The molecule has 74 valence electrons. The lowest BCUT2D eigenvalue weighted by molar-refractivity contribution is 0.861. The van der Waals surface area contributed by atoms with Crippen LogP contribution in [0.25, 0.3) is 10.9 Å². The molecular formula is C11H13ClN2. The fraction of sp³-hybridized carbons (Fsp3) is 0.364. The van der Waals surface area contributed by atoms with Crippen molar-refractivity contribution in [3.63, 3.8) is 0 Å². The Bertz CT molecular complexity index is 471. The molecule has 1 N–H and O–H groups in total. The molecule has 0 saturated heterocycles. The van der Waals surface area contributed by atoms with Gasteiger partial charge in [0.15, 0.2) is 0 Å². The van der Waals surface area contributed by atoms with Crippen molar-refractivity contribution in [3.05, 3.63) is 28.4 Å². The van der Waals surface area contributed by atoms with E-state index in [4.69, 9.17) is 11.6 Å². The number of nitrogens with zero attached hydrogens (tertiary/aromatic N) is 1. The zero-order chi connectivity index (χ0) is 10.3. The molecule has 0 unspecified atom stereocenters. The molecule has 2 aromatic rings. The van der Waals surface area contributed by atoms with Crippen molar-refractivity contribution in [2.24, 2.45) is 0 Å². The van der Waals surface area contributed by atoms with Crippen LogP contribution in [0.15, 0.2) is 12.1 Å². The topological polar surface area (TPSA) is 28.7 Å². The van der Waals surface area contributed by atoms with Crippen molar-refractivity contribution >= 4 is 22.5 Å². The number of fused-ring (bicyclic) bond motifs is 1. The molecule has 0 aliphatic heterocycles. The number of aryl methyl sites for hydroxylation is 1. The second kappa shape index (κ2) is 3.28. The van der Waals surface area contributed by atoms with Crippen LogP contribution >= 0.6 is 11.6 Å². The highest BCUT2D eigenvalue weighted by Gasteiger charge is 2.12. The van der Waals surface area contributed by atoms with Gasteiger partial charge in [-0.1, -0.05) is 31.5 Å². The van der Waals surface area contributed by atoms with Crippen LogP contribution in [-0.2, 0) is 0 Å². The zero-order valence-corrected chi connectivity index (χ0v) is 9.31. The van der Waals surface area contributed by atoms with Crippen molar-refractivity contribution in [2.45, 2.75) is 26.7 Å². The Morgan fingerprint density at radius 2 is 2.07 bits per heavy atom. The van der Waals surface area contributed by atoms with E-state index in [9.17, 15) is 0 Å². The molecule has 0 bridgehead atoms. The summed E-state index contributed by atoms with van der Waals surface area (Å²) < 4.78 is 0. The quantitative estimate of drug-likeness (QED) is 0.762. The number of halogens is 1. The number of aromatic nitrogens is 2. The van der Waals surface area contributed by atoms with Gasteiger partial charge in [-0.25, -0.2) is 0 Å². The first-order valence-electron chi connectivity index (χ1n) is 4.74. The van der Waals surface area contributed by atoms with Crippen molar-refractivity contribution in [1.29, 1.82) is 0 Å². The molecule has 0 atom stereocenters. The van der Waals surface area contributed by atoms with Crippen molar-refractivity contribution in [2.75, 3.05) is 0 Å². The van der Waals surface area contributed by atoms with Crippen molar-refractivity contribution < 1.29 is 0 Å². The number of hydrogen-bond acceptors (Lipinski definition) is 1. The first-order chi connectivity index (χ1) is 6.61. The molecule has 0 fully saturated rings. The van der Waals surface area contributed by atoms with Crippen molar-refractivity contribution in [1.82, 2.24) is 10.2 Å². The van der Waals surface area contributed by atoms with Gasteiger partial charge in [-0.3, -0.25) is 5.10 Å². The number of nitrogens with one attached hydrogen (secondary N) is 1. The lowest BCUT2D eigenvalue weighted by Gasteiger charge is -2.09. The minimum Gasteiger partial charge on any atom is -0.266 e. The molecule has 3 heteroatoms. The monoisotopic (exact) mass is 208 g/mol. The Hall–Kier alpha value is -1.02. The Balaban J connectivity index is 2.83. The van der Waals surface area contributed by atoms with Crippen LogP contribution in [0.5, 0.6) is 0 Å². The summed E-state index contributed by atoms with van der Waals surface area (Å²) in [5.74, 6) is 0.470. The summed E-state index contributed by atoms with van der Waals surface area (Å²) in [4.78, 5) is 0. The van der Waals surface area contributed by atoms with Gasteiger partial charge >= 0.3 is 0 Å². The largest absolute Gasteiger partial charge is 0.266 e. The second-order valence-corrected chi connectivity index (χ2v) is 4.26. The van der Waals surface area contributed by atoms with Gasteiger partial charge in [0.05, 0.1) is 5.52 Å². The molecule has 14 heavy (non-hydrogen) atoms. The van der Waals surface area contributed by atoms with Gasteiger partial charge in [0.1, 0.15) is 5.15 Å². The Morgan fingerprint density at radius 3 is 2.71 bits per heavy atom. The third-order valence-electron chi connectivity index (χ3n) is 2.51. The summed E-state index contributed by atoms with van der Waals surface area (Å²) in [5, 5.41) is 8.70. The normalized spacial score (nSPS) is 11.5. The van der Waals surface area contributed by atoms with E-state index in [1.54, 1.807) is 0 Å². The fourth-order valence-electron chi connectivity index (χ4n) is 1.90. The summed E-state index contributed by atoms with van der Waals surface area (Å²) >= 11 is 5.98. The van der Waals surface area contributed by atoms with Crippen molar-refractivity contribution in [3.8, 4) is 0 Å². The average Bonchev–Trinajstić information content (AvgIpc) is 2.47. The summed E-state index contributed by atoms with van der Waals surface area (Å²) in [5.41, 5.74) is 3.56. The number of H-pyrrole nitrogens is 1. The third-order valence-corrected chi connectivity index (χ3v) is 2.80. The van der Waals surface area contributed by atoms with Crippen LogP contribution in [0.2, 0.25) is 5.15 Å². The van der Waals surface area contributed by atoms with Gasteiger partial charge in [0.2, 0.25) is 0 Å². The van der Waals surface area contributed by atoms with E-state index in [2.05, 4.69) is 37.0 Å². The minimum atomic E-state index is 0.470. The lowest BCUT2D eigenvalue weighted by Crippen LogP contribution is -1.93. The number of rotatable bonds is 1. The molecule has 0 aliphatic carbocycles.